The average molecular weight is 382 g/mol. The molecule has 2 aromatic heterocycles. The van der Waals surface area contributed by atoms with E-state index in [1.807, 2.05) is 26.0 Å². The van der Waals surface area contributed by atoms with Crippen molar-refractivity contribution in [1.82, 2.24) is 10.1 Å². The fourth-order valence-electron chi connectivity index (χ4n) is 3.76. The summed E-state index contributed by atoms with van der Waals surface area (Å²) in [6.07, 6.45) is 0.507. The van der Waals surface area contributed by atoms with Crippen molar-refractivity contribution in [2.45, 2.75) is 26.4 Å². The van der Waals surface area contributed by atoms with Gasteiger partial charge in [0.2, 0.25) is 0 Å². The highest BCUT2D eigenvalue weighted by atomic mass is 16.5. The highest BCUT2D eigenvalue weighted by molar-refractivity contribution is 5.93. The number of nitrogens with zero attached hydrogens (tertiary/aromatic N) is 2. The van der Waals surface area contributed by atoms with E-state index in [1.165, 1.54) is 6.07 Å². The van der Waals surface area contributed by atoms with Crippen LogP contribution in [0.1, 0.15) is 27.6 Å². The molecule has 1 saturated heterocycles. The van der Waals surface area contributed by atoms with Crippen LogP contribution in [0.5, 0.6) is 0 Å². The third-order valence-corrected chi connectivity index (χ3v) is 5.21. The van der Waals surface area contributed by atoms with Gasteiger partial charge in [-0.3, -0.25) is 9.59 Å². The van der Waals surface area contributed by atoms with E-state index in [4.69, 9.17) is 13.7 Å². The van der Waals surface area contributed by atoms with Crippen LogP contribution < -0.4 is 5.43 Å². The fourth-order valence-corrected chi connectivity index (χ4v) is 3.76. The predicted molar refractivity (Wildman–Crippen MR) is 102 cm³/mol. The molecule has 0 aliphatic carbocycles. The van der Waals surface area contributed by atoms with Crippen LogP contribution in [0.25, 0.3) is 11.0 Å². The first-order valence-electron chi connectivity index (χ1n) is 9.23. The van der Waals surface area contributed by atoms with Gasteiger partial charge in [0.15, 0.2) is 11.2 Å². The van der Waals surface area contributed by atoms with Gasteiger partial charge in [-0.25, -0.2) is 0 Å². The van der Waals surface area contributed by atoms with Gasteiger partial charge in [0.05, 0.1) is 17.2 Å². The Labute approximate surface area is 161 Å². The molecule has 0 saturated carbocycles. The van der Waals surface area contributed by atoms with Crippen LogP contribution in [-0.2, 0) is 11.2 Å². The zero-order valence-electron chi connectivity index (χ0n) is 16.1. The summed E-state index contributed by atoms with van der Waals surface area (Å²) in [6, 6.07) is 8.50. The van der Waals surface area contributed by atoms with Crippen molar-refractivity contribution in [2.75, 3.05) is 20.2 Å². The number of hydrogen-bond donors (Lipinski definition) is 0. The molecule has 7 heteroatoms. The minimum Gasteiger partial charge on any atom is -0.451 e. The molecule has 1 amide bonds. The first-order valence-corrected chi connectivity index (χ1v) is 9.23. The molecule has 4 rings (SSSR count). The van der Waals surface area contributed by atoms with Crippen LogP contribution in [0.4, 0.5) is 0 Å². The molecule has 1 aliphatic heterocycles. The largest absolute Gasteiger partial charge is 0.451 e. The fraction of sp³-hybridized carbons (Fsp3) is 0.381. The zero-order chi connectivity index (χ0) is 19.8. The molecular formula is C21H22N2O5. The zero-order valence-corrected chi connectivity index (χ0v) is 16.1. The average Bonchev–Trinajstić information content (AvgIpc) is 3.26. The van der Waals surface area contributed by atoms with E-state index in [-0.39, 0.29) is 29.1 Å². The lowest BCUT2D eigenvalue weighted by Gasteiger charge is -2.15. The number of benzene rings is 1. The second-order valence-corrected chi connectivity index (χ2v) is 7.36. The number of amides is 1. The summed E-state index contributed by atoms with van der Waals surface area (Å²) in [5.41, 5.74) is 1.99. The van der Waals surface area contributed by atoms with E-state index < -0.39 is 0 Å². The molecule has 1 aliphatic rings. The number of ether oxygens (including phenoxy) is 1. The van der Waals surface area contributed by atoms with Crippen LogP contribution >= 0.6 is 0 Å². The number of carbonyl (C=O) groups excluding carboxylic acids is 1. The van der Waals surface area contributed by atoms with Crippen molar-refractivity contribution in [3.63, 3.8) is 0 Å². The lowest BCUT2D eigenvalue weighted by Crippen LogP contribution is -2.30. The van der Waals surface area contributed by atoms with E-state index >= 15 is 0 Å². The number of carbonyl (C=O) groups is 1. The Morgan fingerprint density at radius 3 is 2.79 bits per heavy atom. The number of hydrogen-bond acceptors (Lipinski definition) is 6. The lowest BCUT2D eigenvalue weighted by molar-refractivity contribution is 0.0654. The predicted octanol–water partition coefficient (Wildman–Crippen LogP) is 2.73. The first-order chi connectivity index (χ1) is 13.4. The maximum absolute atomic E-state index is 13.0. The van der Waals surface area contributed by atoms with Crippen molar-refractivity contribution in [3.05, 3.63) is 63.3 Å². The Kier molecular flexibility index (Phi) is 4.77. The van der Waals surface area contributed by atoms with Gasteiger partial charge in [0.1, 0.15) is 11.3 Å². The smallest absolute Gasteiger partial charge is 0.289 e. The quantitative estimate of drug-likeness (QED) is 0.690. The van der Waals surface area contributed by atoms with Crippen LogP contribution in [0.15, 0.2) is 44.1 Å². The summed E-state index contributed by atoms with van der Waals surface area (Å²) in [7, 11) is 1.64. The number of rotatable bonds is 4. The summed E-state index contributed by atoms with van der Waals surface area (Å²) in [4.78, 5) is 27.0. The third-order valence-electron chi connectivity index (χ3n) is 5.21. The van der Waals surface area contributed by atoms with Crippen LogP contribution in [-0.4, -0.2) is 42.3 Å². The van der Waals surface area contributed by atoms with E-state index in [0.717, 1.165) is 17.0 Å². The van der Waals surface area contributed by atoms with E-state index in [9.17, 15) is 9.59 Å². The number of fused-ring (bicyclic) bond motifs is 1. The summed E-state index contributed by atoms with van der Waals surface area (Å²) in [5, 5.41) is 4.38. The van der Waals surface area contributed by atoms with Crippen LogP contribution in [0, 0.1) is 19.8 Å². The van der Waals surface area contributed by atoms with Crippen LogP contribution in [0.3, 0.4) is 0 Å². The maximum atomic E-state index is 13.0. The topological polar surface area (TPSA) is 85.8 Å². The van der Waals surface area contributed by atoms with Crippen molar-refractivity contribution in [3.8, 4) is 0 Å². The second kappa shape index (κ2) is 7.24. The molecule has 3 aromatic rings. The summed E-state index contributed by atoms with van der Waals surface area (Å²) in [6.45, 7) is 4.71. The molecule has 1 fully saturated rings. The van der Waals surface area contributed by atoms with Gasteiger partial charge in [-0.05, 0) is 31.5 Å². The van der Waals surface area contributed by atoms with E-state index in [1.54, 1.807) is 24.1 Å². The van der Waals surface area contributed by atoms with Gasteiger partial charge in [-0.15, -0.1) is 0 Å². The SMILES string of the molecule is CO[C@H]1CN(C(=O)c2cc(=O)c3ccc(C)cc3o2)C[C@H]1Cc1cc(C)no1. The number of methoxy groups -OCH3 is 1. The molecule has 146 valence electrons. The van der Waals surface area contributed by atoms with Crippen molar-refractivity contribution >= 4 is 16.9 Å². The minimum absolute atomic E-state index is 0.0501. The highest BCUT2D eigenvalue weighted by Gasteiger charge is 2.37. The lowest BCUT2D eigenvalue weighted by atomic mass is 10.0. The molecular weight excluding hydrogens is 360 g/mol. The molecule has 2 atom stereocenters. The molecule has 0 spiro atoms. The number of likely N-dealkylation sites (tertiary alicyclic amines) is 1. The Hall–Kier alpha value is -2.93. The van der Waals surface area contributed by atoms with E-state index in [2.05, 4.69) is 5.16 Å². The normalized spacial score (nSPS) is 19.5. The molecule has 7 nitrogen and oxygen atoms in total. The summed E-state index contributed by atoms with van der Waals surface area (Å²) >= 11 is 0. The Bertz CT molecular complexity index is 1080. The molecule has 28 heavy (non-hydrogen) atoms. The van der Waals surface area contributed by atoms with Crippen molar-refractivity contribution in [1.29, 1.82) is 0 Å². The van der Waals surface area contributed by atoms with Gasteiger partial charge in [-0.2, -0.15) is 0 Å². The van der Waals surface area contributed by atoms with Crippen molar-refractivity contribution < 1.29 is 18.5 Å². The first kappa shape index (κ1) is 18.4. The van der Waals surface area contributed by atoms with Gasteiger partial charge in [0, 0.05) is 44.7 Å². The summed E-state index contributed by atoms with van der Waals surface area (Å²) < 4.78 is 16.6. The van der Waals surface area contributed by atoms with Gasteiger partial charge in [0.25, 0.3) is 5.91 Å². The maximum Gasteiger partial charge on any atom is 0.289 e. The molecule has 0 unspecified atom stereocenters. The van der Waals surface area contributed by atoms with Gasteiger partial charge >= 0.3 is 0 Å². The molecule has 3 heterocycles. The van der Waals surface area contributed by atoms with E-state index in [0.29, 0.717) is 30.5 Å². The molecule has 0 bridgehead atoms. The highest BCUT2D eigenvalue weighted by Crippen LogP contribution is 2.26. The Balaban J connectivity index is 1.58. The molecule has 0 N–H and O–H groups in total. The second-order valence-electron chi connectivity index (χ2n) is 7.36. The molecule has 1 aromatic carbocycles. The van der Waals surface area contributed by atoms with Crippen LogP contribution in [0.2, 0.25) is 0 Å². The minimum atomic E-state index is -0.307. The van der Waals surface area contributed by atoms with Gasteiger partial charge in [-0.1, -0.05) is 11.2 Å². The van der Waals surface area contributed by atoms with Crippen molar-refractivity contribution in [2.24, 2.45) is 5.92 Å². The third kappa shape index (κ3) is 3.45. The Morgan fingerprint density at radius 1 is 1.25 bits per heavy atom. The number of aryl methyl sites for hydroxylation is 2. The summed E-state index contributed by atoms with van der Waals surface area (Å²) in [5.74, 6) is 0.593. The Morgan fingerprint density at radius 2 is 2.07 bits per heavy atom. The number of aromatic nitrogens is 1. The molecule has 0 radical (unpaired) electrons. The monoisotopic (exact) mass is 382 g/mol. The standard InChI is InChI=1S/C21H22N2O5/c1-12-4-5-16-17(24)9-19(27-18(16)6-12)21(25)23-10-14(20(11-23)26-3)8-15-7-13(2)22-28-15/h4-7,9,14,20H,8,10-11H2,1-3H3/t14-,20+/m1/s1. The van der Waals surface area contributed by atoms with Gasteiger partial charge < -0.3 is 18.6 Å².